The van der Waals surface area contributed by atoms with E-state index >= 15 is 0 Å². The molecule has 0 bridgehead atoms. The Kier molecular flexibility index (Phi) is 10.4. The summed E-state index contributed by atoms with van der Waals surface area (Å²) in [5, 5.41) is 6.80. The Morgan fingerprint density at radius 3 is 2.39 bits per heavy atom. The van der Waals surface area contributed by atoms with Gasteiger partial charge < -0.3 is 24.3 Å². The van der Waals surface area contributed by atoms with E-state index in [2.05, 4.69) is 10.6 Å². The molecule has 0 saturated heterocycles. The molecule has 9 nitrogen and oxygen atoms in total. The van der Waals surface area contributed by atoms with E-state index < -0.39 is 6.09 Å². The summed E-state index contributed by atoms with van der Waals surface area (Å²) in [6.45, 7) is 8.11. The summed E-state index contributed by atoms with van der Waals surface area (Å²) in [6.07, 6.45) is 4.38. The van der Waals surface area contributed by atoms with Gasteiger partial charge in [-0.1, -0.05) is 0 Å². The summed E-state index contributed by atoms with van der Waals surface area (Å²) in [4.78, 5) is 29.6. The minimum atomic E-state index is -0.511. The first-order chi connectivity index (χ1) is 17.2. The van der Waals surface area contributed by atoms with Crippen LogP contribution < -0.4 is 15.4 Å². The second kappa shape index (κ2) is 13.5. The lowest BCUT2D eigenvalue weighted by atomic mass is 9.86. The molecule has 10 heteroatoms. The molecule has 0 spiro atoms. The van der Waals surface area contributed by atoms with Crippen LogP contribution in [0.25, 0.3) is 10.4 Å². The van der Waals surface area contributed by atoms with Crippen LogP contribution in [0.5, 0.6) is 5.75 Å². The molecule has 198 valence electrons. The number of benzene rings is 1. The van der Waals surface area contributed by atoms with Gasteiger partial charge >= 0.3 is 12.2 Å². The van der Waals surface area contributed by atoms with Crippen molar-refractivity contribution < 1.29 is 28.5 Å². The third-order valence-electron chi connectivity index (χ3n) is 5.65. The van der Waals surface area contributed by atoms with Crippen LogP contribution in [0.4, 0.5) is 15.3 Å². The molecule has 2 aromatic rings. The van der Waals surface area contributed by atoms with Crippen LogP contribution in [0.2, 0.25) is 0 Å². The Hall–Kier alpha value is -2.85. The second-order valence-corrected chi connectivity index (χ2v) is 10.4. The highest BCUT2D eigenvalue weighted by Gasteiger charge is 2.26. The van der Waals surface area contributed by atoms with Gasteiger partial charge in [0.2, 0.25) is 0 Å². The molecule has 0 radical (unpaired) electrons. The SMILES string of the molecule is COCCOc1cc(NC(=O)OC(C)C)ccc1-c1cnc(C2CCC(NC(=O)OC(C)C)CC2)s1. The zero-order chi connectivity index (χ0) is 26.1. The second-order valence-electron chi connectivity index (χ2n) is 9.34. The maximum Gasteiger partial charge on any atom is 0.411 e. The first kappa shape index (κ1) is 27.7. The predicted octanol–water partition coefficient (Wildman–Crippen LogP) is 5.95. The lowest BCUT2D eigenvalue weighted by Gasteiger charge is -2.28. The number of carbonyl (C=O) groups is 2. The summed E-state index contributed by atoms with van der Waals surface area (Å²) < 4.78 is 21.5. The van der Waals surface area contributed by atoms with E-state index in [9.17, 15) is 9.59 Å². The quantitative estimate of drug-likeness (QED) is 0.373. The van der Waals surface area contributed by atoms with Crippen molar-refractivity contribution in [1.82, 2.24) is 10.3 Å². The zero-order valence-electron chi connectivity index (χ0n) is 21.7. The molecular formula is C26H37N3O6S. The largest absolute Gasteiger partial charge is 0.490 e. The fourth-order valence-corrected chi connectivity index (χ4v) is 5.14. The highest BCUT2D eigenvalue weighted by Crippen LogP contribution is 2.41. The molecule has 0 unspecified atom stereocenters. The normalized spacial score (nSPS) is 17.6. The monoisotopic (exact) mass is 519 g/mol. The van der Waals surface area contributed by atoms with Crippen LogP contribution in [0, 0.1) is 0 Å². The Morgan fingerprint density at radius 1 is 1.03 bits per heavy atom. The van der Waals surface area contributed by atoms with E-state index in [4.69, 9.17) is 23.9 Å². The number of hydrogen-bond donors (Lipinski definition) is 2. The topological polar surface area (TPSA) is 108 Å². The molecule has 1 saturated carbocycles. The number of hydrogen-bond acceptors (Lipinski definition) is 8. The number of rotatable bonds is 10. The molecule has 3 rings (SSSR count). The molecule has 36 heavy (non-hydrogen) atoms. The van der Waals surface area contributed by atoms with E-state index in [0.717, 1.165) is 41.1 Å². The standard InChI is InChI=1S/C26H37N3O6S/c1-16(2)34-25(30)28-19-8-6-18(7-9-19)24-27-15-23(36-24)21-11-10-20(29-26(31)35-17(3)4)14-22(21)33-13-12-32-5/h10-11,14-19H,6-9,12-13H2,1-5H3,(H,28,30)(H,29,31). The molecule has 2 amide bonds. The van der Waals surface area contributed by atoms with Gasteiger partial charge in [-0.15, -0.1) is 11.3 Å². The predicted molar refractivity (Wildman–Crippen MR) is 140 cm³/mol. The van der Waals surface area contributed by atoms with Gasteiger partial charge in [0.15, 0.2) is 0 Å². The smallest absolute Gasteiger partial charge is 0.411 e. The Bertz CT molecular complexity index is 1000. The number of aromatic nitrogens is 1. The Balaban J connectivity index is 1.67. The van der Waals surface area contributed by atoms with Gasteiger partial charge in [0.05, 0.1) is 28.7 Å². The van der Waals surface area contributed by atoms with E-state index in [-0.39, 0.29) is 24.3 Å². The fourth-order valence-electron chi connectivity index (χ4n) is 4.02. The van der Waals surface area contributed by atoms with Crippen LogP contribution in [0.1, 0.15) is 64.3 Å². The third-order valence-corrected chi connectivity index (χ3v) is 6.84. The first-order valence-corrected chi connectivity index (χ1v) is 13.2. The number of nitrogens with one attached hydrogen (secondary N) is 2. The van der Waals surface area contributed by atoms with Gasteiger partial charge in [-0.2, -0.15) is 0 Å². The van der Waals surface area contributed by atoms with Crippen molar-refractivity contribution in [2.75, 3.05) is 25.6 Å². The van der Waals surface area contributed by atoms with Crippen molar-refractivity contribution in [2.24, 2.45) is 0 Å². The van der Waals surface area contributed by atoms with Gasteiger partial charge in [-0.05, 0) is 65.5 Å². The molecular weight excluding hydrogens is 482 g/mol. The lowest BCUT2D eigenvalue weighted by Crippen LogP contribution is -2.38. The van der Waals surface area contributed by atoms with Crippen molar-refractivity contribution in [2.45, 2.75) is 77.5 Å². The van der Waals surface area contributed by atoms with Crippen molar-refractivity contribution >= 4 is 29.2 Å². The zero-order valence-corrected chi connectivity index (χ0v) is 22.5. The highest BCUT2D eigenvalue weighted by molar-refractivity contribution is 7.15. The van der Waals surface area contributed by atoms with Gasteiger partial charge in [0.1, 0.15) is 12.4 Å². The van der Waals surface area contributed by atoms with E-state index in [1.165, 1.54) is 0 Å². The van der Waals surface area contributed by atoms with E-state index in [1.54, 1.807) is 38.4 Å². The van der Waals surface area contributed by atoms with E-state index in [1.807, 2.05) is 32.2 Å². The number of nitrogens with zero attached hydrogens (tertiary/aromatic N) is 1. The third kappa shape index (κ3) is 8.37. The number of amides is 2. The number of carbonyl (C=O) groups excluding carboxylic acids is 2. The molecule has 1 heterocycles. The molecule has 1 aromatic heterocycles. The van der Waals surface area contributed by atoms with Crippen LogP contribution in [0.3, 0.4) is 0 Å². The molecule has 1 aliphatic carbocycles. The molecule has 1 aromatic carbocycles. The van der Waals surface area contributed by atoms with Gasteiger partial charge in [-0.3, -0.25) is 5.32 Å². The van der Waals surface area contributed by atoms with Gasteiger partial charge in [0, 0.05) is 42.6 Å². The summed E-state index contributed by atoms with van der Waals surface area (Å²) in [7, 11) is 1.62. The van der Waals surface area contributed by atoms with Crippen molar-refractivity contribution in [3.8, 4) is 16.2 Å². The summed E-state index contributed by atoms with van der Waals surface area (Å²) in [6, 6.07) is 5.67. The summed E-state index contributed by atoms with van der Waals surface area (Å²) in [5.41, 5.74) is 1.49. The minimum Gasteiger partial charge on any atom is -0.490 e. The Labute approximate surface area is 216 Å². The minimum absolute atomic E-state index is 0.128. The van der Waals surface area contributed by atoms with Crippen LogP contribution >= 0.6 is 11.3 Å². The highest BCUT2D eigenvalue weighted by atomic mass is 32.1. The number of alkyl carbamates (subject to hydrolysis) is 1. The summed E-state index contributed by atoms with van der Waals surface area (Å²) >= 11 is 1.65. The average Bonchev–Trinajstić information content (AvgIpc) is 3.29. The van der Waals surface area contributed by atoms with Crippen LogP contribution in [-0.2, 0) is 14.2 Å². The number of ether oxygens (including phenoxy) is 4. The number of methoxy groups -OCH3 is 1. The van der Waals surface area contributed by atoms with Crippen molar-refractivity contribution in [3.63, 3.8) is 0 Å². The molecule has 1 fully saturated rings. The summed E-state index contributed by atoms with van der Waals surface area (Å²) in [5.74, 6) is 0.994. The van der Waals surface area contributed by atoms with E-state index in [0.29, 0.717) is 30.6 Å². The number of anilines is 1. The maximum atomic E-state index is 12.0. The molecule has 0 atom stereocenters. The maximum absolute atomic E-state index is 12.0. The number of thiazole rings is 1. The van der Waals surface area contributed by atoms with Gasteiger partial charge in [-0.25, -0.2) is 14.6 Å². The molecule has 1 aliphatic rings. The fraction of sp³-hybridized carbons (Fsp3) is 0.577. The van der Waals surface area contributed by atoms with Gasteiger partial charge in [0.25, 0.3) is 0 Å². The van der Waals surface area contributed by atoms with Crippen LogP contribution in [0.15, 0.2) is 24.4 Å². The van der Waals surface area contributed by atoms with Crippen LogP contribution in [-0.4, -0.2) is 55.7 Å². The Morgan fingerprint density at radius 2 is 1.72 bits per heavy atom. The average molecular weight is 520 g/mol. The molecule has 2 N–H and O–H groups in total. The first-order valence-electron chi connectivity index (χ1n) is 12.4. The van der Waals surface area contributed by atoms with Crippen molar-refractivity contribution in [1.29, 1.82) is 0 Å². The van der Waals surface area contributed by atoms with Crippen molar-refractivity contribution in [3.05, 3.63) is 29.4 Å². The lowest BCUT2D eigenvalue weighted by molar-refractivity contribution is 0.109. The molecule has 0 aliphatic heterocycles.